The number of hydrogen-bond donors (Lipinski definition) is 0. The molecule has 18 heavy (non-hydrogen) atoms. The van der Waals surface area contributed by atoms with Gasteiger partial charge in [0.15, 0.2) is 5.76 Å². The molecule has 2 aromatic rings. The summed E-state index contributed by atoms with van der Waals surface area (Å²) in [6.07, 6.45) is 0. The zero-order valence-electron chi connectivity index (χ0n) is 9.76. The van der Waals surface area contributed by atoms with Crippen LogP contribution in [-0.4, -0.2) is 26.0 Å². The Balaban J connectivity index is 2.23. The normalized spacial score (nSPS) is 10.1. The first-order chi connectivity index (χ1) is 8.65. The highest BCUT2D eigenvalue weighted by molar-refractivity contribution is 7.12. The Morgan fingerprint density at radius 3 is 2.56 bits per heavy atom. The van der Waals surface area contributed by atoms with Gasteiger partial charge in [0.05, 0.1) is 19.1 Å². The van der Waals surface area contributed by atoms with Crippen LogP contribution in [0.2, 0.25) is 0 Å². The van der Waals surface area contributed by atoms with E-state index in [0.29, 0.717) is 10.6 Å². The molecule has 2 rings (SSSR count). The van der Waals surface area contributed by atoms with Gasteiger partial charge in [-0.15, -0.1) is 11.3 Å². The number of hydrogen-bond acceptors (Lipinski definition) is 6. The third-order valence-corrected chi connectivity index (χ3v) is 3.16. The van der Waals surface area contributed by atoms with E-state index in [1.54, 1.807) is 11.4 Å². The molecule has 0 N–H and O–H groups in total. The molecule has 0 aliphatic rings. The lowest BCUT2D eigenvalue weighted by Gasteiger charge is -1.94. The van der Waals surface area contributed by atoms with Crippen LogP contribution in [0.1, 0.15) is 26.0 Å². The number of carbonyl (C=O) groups excluding carboxylic acids is 2. The van der Waals surface area contributed by atoms with Gasteiger partial charge in [-0.2, -0.15) is 0 Å². The van der Waals surface area contributed by atoms with Crippen molar-refractivity contribution in [1.82, 2.24) is 0 Å². The summed E-state index contributed by atoms with van der Waals surface area (Å²) in [4.78, 5) is 23.7. The number of rotatable bonds is 4. The van der Waals surface area contributed by atoms with E-state index in [4.69, 9.17) is 9.15 Å². The number of carbonyl (C=O) groups is 2. The molecule has 0 aromatic carbocycles. The van der Waals surface area contributed by atoms with E-state index in [1.807, 2.05) is 0 Å². The fourth-order valence-corrected chi connectivity index (χ4v) is 2.14. The van der Waals surface area contributed by atoms with Crippen LogP contribution in [0.4, 0.5) is 0 Å². The van der Waals surface area contributed by atoms with Crippen molar-refractivity contribution < 1.29 is 23.5 Å². The average molecular weight is 266 g/mol. The molecule has 0 radical (unpaired) electrons. The van der Waals surface area contributed by atoms with Crippen LogP contribution >= 0.6 is 11.3 Å². The van der Waals surface area contributed by atoms with E-state index < -0.39 is 5.97 Å². The second kappa shape index (κ2) is 5.05. The topological polar surface area (TPSA) is 65.7 Å². The molecular formula is C12H10O5S. The average Bonchev–Trinajstić information content (AvgIpc) is 3.05. The lowest BCUT2D eigenvalue weighted by atomic mass is 10.2. The molecule has 0 amide bonds. The monoisotopic (exact) mass is 266 g/mol. The molecule has 5 nitrogen and oxygen atoms in total. The SMILES string of the molecule is COC(=O)c1ccc(C(=O)c2cc(OC)cs2)o1. The number of ether oxygens (including phenoxy) is 2. The minimum absolute atomic E-state index is 0.00405. The van der Waals surface area contributed by atoms with Crippen molar-refractivity contribution in [3.05, 3.63) is 40.0 Å². The first-order valence-corrected chi connectivity index (χ1v) is 5.89. The zero-order valence-corrected chi connectivity index (χ0v) is 10.6. The molecule has 0 bridgehead atoms. The second-order valence-electron chi connectivity index (χ2n) is 3.34. The van der Waals surface area contributed by atoms with E-state index in [-0.39, 0.29) is 17.3 Å². The Morgan fingerprint density at radius 2 is 1.94 bits per heavy atom. The van der Waals surface area contributed by atoms with Gasteiger partial charge in [0, 0.05) is 11.4 Å². The standard InChI is InChI=1S/C12H10O5S/c1-15-7-5-10(18-6-7)11(13)8-3-4-9(17-8)12(14)16-2/h3-6H,1-2H3. The van der Waals surface area contributed by atoms with Crippen LogP contribution in [0.5, 0.6) is 5.75 Å². The van der Waals surface area contributed by atoms with Crippen molar-refractivity contribution in [2.24, 2.45) is 0 Å². The first-order valence-electron chi connectivity index (χ1n) is 5.01. The van der Waals surface area contributed by atoms with Gasteiger partial charge in [-0.25, -0.2) is 4.79 Å². The van der Waals surface area contributed by atoms with Gasteiger partial charge in [0.2, 0.25) is 11.5 Å². The van der Waals surface area contributed by atoms with Crippen LogP contribution in [0.15, 0.2) is 28.0 Å². The van der Waals surface area contributed by atoms with Gasteiger partial charge in [-0.1, -0.05) is 0 Å². The largest absolute Gasteiger partial charge is 0.496 e. The van der Waals surface area contributed by atoms with Crippen LogP contribution < -0.4 is 4.74 Å². The van der Waals surface area contributed by atoms with E-state index in [2.05, 4.69) is 4.74 Å². The summed E-state index contributed by atoms with van der Waals surface area (Å²) in [6.45, 7) is 0. The predicted molar refractivity (Wildman–Crippen MR) is 64.4 cm³/mol. The number of esters is 1. The number of methoxy groups -OCH3 is 2. The fourth-order valence-electron chi connectivity index (χ4n) is 1.34. The Bertz CT molecular complexity index is 581. The van der Waals surface area contributed by atoms with Crippen molar-refractivity contribution >= 4 is 23.1 Å². The van der Waals surface area contributed by atoms with Gasteiger partial charge in [-0.3, -0.25) is 4.79 Å². The van der Waals surface area contributed by atoms with E-state index in [1.165, 1.54) is 37.7 Å². The minimum atomic E-state index is -0.613. The second-order valence-corrected chi connectivity index (χ2v) is 4.25. The Hall–Kier alpha value is -2.08. The van der Waals surface area contributed by atoms with Gasteiger partial charge in [0.1, 0.15) is 5.75 Å². The molecule has 2 aromatic heterocycles. The van der Waals surface area contributed by atoms with Crippen molar-refractivity contribution in [3.8, 4) is 5.75 Å². The summed E-state index contributed by atoms with van der Waals surface area (Å²) in [5.41, 5.74) is 0. The number of furan rings is 1. The lowest BCUT2D eigenvalue weighted by molar-refractivity contribution is 0.0563. The van der Waals surface area contributed by atoms with Crippen molar-refractivity contribution in [2.45, 2.75) is 0 Å². The summed E-state index contributed by atoms with van der Waals surface area (Å²) >= 11 is 1.25. The summed E-state index contributed by atoms with van der Waals surface area (Å²) in [6, 6.07) is 4.47. The Labute approximate surface area is 107 Å². The molecule has 6 heteroatoms. The Morgan fingerprint density at radius 1 is 1.22 bits per heavy atom. The maximum Gasteiger partial charge on any atom is 0.373 e. The molecule has 2 heterocycles. The summed E-state index contributed by atoms with van der Waals surface area (Å²) in [7, 11) is 2.77. The first kappa shape index (κ1) is 12.4. The summed E-state index contributed by atoms with van der Waals surface area (Å²) < 4.78 is 14.6. The fraction of sp³-hybridized carbons (Fsp3) is 0.167. The van der Waals surface area contributed by atoms with Crippen molar-refractivity contribution in [3.63, 3.8) is 0 Å². The quantitative estimate of drug-likeness (QED) is 0.628. The molecule has 0 fully saturated rings. The highest BCUT2D eigenvalue weighted by atomic mass is 32.1. The van der Waals surface area contributed by atoms with Gasteiger partial charge in [-0.05, 0) is 12.1 Å². The van der Waals surface area contributed by atoms with Gasteiger partial charge < -0.3 is 13.9 Å². The molecule has 0 saturated heterocycles. The van der Waals surface area contributed by atoms with E-state index in [9.17, 15) is 9.59 Å². The number of ketones is 1. The lowest BCUT2D eigenvalue weighted by Crippen LogP contribution is -2.00. The summed E-state index contributed by atoms with van der Waals surface area (Å²) in [5, 5.41) is 1.72. The molecule has 0 spiro atoms. The van der Waals surface area contributed by atoms with Gasteiger partial charge in [0.25, 0.3) is 0 Å². The molecular weight excluding hydrogens is 256 g/mol. The van der Waals surface area contributed by atoms with Crippen LogP contribution in [-0.2, 0) is 4.74 Å². The molecule has 0 saturated carbocycles. The van der Waals surface area contributed by atoms with E-state index >= 15 is 0 Å². The third kappa shape index (κ3) is 2.28. The Kier molecular flexibility index (Phi) is 3.47. The number of thiophene rings is 1. The minimum Gasteiger partial charge on any atom is -0.496 e. The van der Waals surface area contributed by atoms with Crippen LogP contribution in [0.25, 0.3) is 0 Å². The van der Waals surface area contributed by atoms with Crippen molar-refractivity contribution in [2.75, 3.05) is 14.2 Å². The third-order valence-electron chi connectivity index (χ3n) is 2.25. The maximum absolute atomic E-state index is 12.0. The molecule has 0 unspecified atom stereocenters. The molecule has 0 aliphatic heterocycles. The molecule has 0 atom stereocenters. The molecule has 0 aliphatic carbocycles. The maximum atomic E-state index is 12.0. The van der Waals surface area contributed by atoms with Crippen LogP contribution in [0, 0.1) is 0 Å². The summed E-state index contributed by atoms with van der Waals surface area (Å²) in [5.74, 6) is -0.191. The van der Waals surface area contributed by atoms with Crippen LogP contribution in [0.3, 0.4) is 0 Å². The highest BCUT2D eigenvalue weighted by Gasteiger charge is 2.19. The highest BCUT2D eigenvalue weighted by Crippen LogP contribution is 2.24. The zero-order chi connectivity index (χ0) is 13.1. The molecule has 94 valence electrons. The van der Waals surface area contributed by atoms with E-state index in [0.717, 1.165) is 0 Å². The van der Waals surface area contributed by atoms with Gasteiger partial charge >= 0.3 is 5.97 Å². The van der Waals surface area contributed by atoms with Crippen molar-refractivity contribution in [1.29, 1.82) is 0 Å². The smallest absolute Gasteiger partial charge is 0.373 e. The predicted octanol–water partition coefficient (Wildman–Crippen LogP) is 2.37.